The van der Waals surface area contributed by atoms with Crippen molar-refractivity contribution < 1.29 is 0 Å². The van der Waals surface area contributed by atoms with E-state index in [0.717, 1.165) is 22.6 Å². The molecule has 0 unspecified atom stereocenters. The van der Waals surface area contributed by atoms with E-state index in [4.69, 9.17) is 0 Å². The van der Waals surface area contributed by atoms with Crippen molar-refractivity contribution >= 4 is 77.2 Å². The number of nitrogens with zero attached hydrogens (tertiary/aromatic N) is 2. The van der Waals surface area contributed by atoms with Gasteiger partial charge in [0.1, 0.15) is 0 Å². The van der Waals surface area contributed by atoms with Gasteiger partial charge in [-0.25, -0.2) is 0 Å². The molecule has 0 saturated carbocycles. The Morgan fingerprint density at radius 2 is 0.905 bits per heavy atom. The molecule has 0 saturated heterocycles. The molecule has 1 heterocycles. The van der Waals surface area contributed by atoms with Crippen LogP contribution in [0.15, 0.2) is 231 Å². The highest BCUT2D eigenvalue weighted by Crippen LogP contribution is 2.57. The van der Waals surface area contributed by atoms with Gasteiger partial charge in [-0.2, -0.15) is 0 Å². The largest absolute Gasteiger partial charge is 0.310 e. The number of fused-ring (bicyclic) bond motifs is 6. The van der Waals surface area contributed by atoms with Crippen molar-refractivity contribution in [3.05, 3.63) is 242 Å². The molecule has 63 heavy (non-hydrogen) atoms. The van der Waals surface area contributed by atoms with E-state index in [2.05, 4.69) is 254 Å². The summed E-state index contributed by atoms with van der Waals surface area (Å²) in [6, 6.07) is 84.8. The lowest BCUT2D eigenvalue weighted by Crippen LogP contribution is -2.31. The minimum absolute atomic E-state index is 0.282. The Labute approximate surface area is 368 Å². The average molecular weight is 805 g/mol. The summed E-state index contributed by atoms with van der Waals surface area (Å²) in [4.78, 5) is 4.97. The van der Waals surface area contributed by atoms with Crippen molar-refractivity contribution in [2.75, 3.05) is 9.80 Å². The van der Waals surface area contributed by atoms with Crippen LogP contribution in [0, 0.1) is 0 Å². The lowest BCUT2D eigenvalue weighted by Gasteiger charge is -2.44. The molecule has 1 aliphatic rings. The third-order valence-corrected chi connectivity index (χ3v) is 13.4. The molecular weight excluding hydrogens is 761 g/mol. The van der Waals surface area contributed by atoms with Gasteiger partial charge in [0.15, 0.2) is 0 Å². The van der Waals surface area contributed by atoms with Crippen molar-refractivity contribution in [2.24, 2.45) is 0 Å². The topological polar surface area (TPSA) is 6.48 Å². The van der Waals surface area contributed by atoms with E-state index in [1.54, 1.807) is 0 Å². The summed E-state index contributed by atoms with van der Waals surface area (Å²) in [5.41, 5.74) is 14.2. The maximum absolute atomic E-state index is 2.56. The van der Waals surface area contributed by atoms with E-state index in [1.807, 2.05) is 0 Å². The summed E-state index contributed by atoms with van der Waals surface area (Å²) in [5.74, 6) is 0. The summed E-state index contributed by atoms with van der Waals surface area (Å²) in [6.45, 7) is 4.80. The van der Waals surface area contributed by atoms with Crippen LogP contribution in [0.3, 0.4) is 0 Å². The molecular formula is C61H44N2. The Morgan fingerprint density at radius 3 is 1.70 bits per heavy atom. The highest BCUT2D eigenvalue weighted by Gasteiger charge is 2.40. The van der Waals surface area contributed by atoms with Gasteiger partial charge < -0.3 is 9.80 Å². The number of hydrogen-bond donors (Lipinski definition) is 0. The molecule has 0 aliphatic carbocycles. The molecule has 11 aromatic carbocycles. The van der Waals surface area contributed by atoms with Gasteiger partial charge in [-0.05, 0) is 103 Å². The van der Waals surface area contributed by atoms with Crippen molar-refractivity contribution in [3.63, 3.8) is 0 Å². The van der Waals surface area contributed by atoms with Gasteiger partial charge in [-0.3, -0.25) is 0 Å². The van der Waals surface area contributed by atoms with Crippen molar-refractivity contribution in [2.45, 2.75) is 19.3 Å². The van der Waals surface area contributed by atoms with E-state index in [0.29, 0.717) is 0 Å². The Kier molecular flexibility index (Phi) is 8.55. The zero-order valence-corrected chi connectivity index (χ0v) is 35.3. The second-order valence-corrected chi connectivity index (χ2v) is 17.3. The van der Waals surface area contributed by atoms with Gasteiger partial charge in [0.05, 0.1) is 22.7 Å². The fourth-order valence-corrected chi connectivity index (χ4v) is 10.4. The highest BCUT2D eigenvalue weighted by molar-refractivity contribution is 6.09. The Hall–Kier alpha value is -7.94. The van der Waals surface area contributed by atoms with Crippen LogP contribution in [0.5, 0.6) is 0 Å². The van der Waals surface area contributed by atoms with Crippen LogP contribution in [-0.2, 0) is 5.41 Å². The van der Waals surface area contributed by atoms with Crippen LogP contribution in [0.25, 0.3) is 65.3 Å². The molecule has 0 spiro atoms. The van der Waals surface area contributed by atoms with Crippen LogP contribution < -0.4 is 9.80 Å². The molecule has 0 bridgehead atoms. The van der Waals surface area contributed by atoms with Crippen molar-refractivity contribution in [1.29, 1.82) is 0 Å². The van der Waals surface area contributed by atoms with E-state index < -0.39 is 0 Å². The van der Waals surface area contributed by atoms with Gasteiger partial charge in [0.2, 0.25) is 0 Å². The quantitative estimate of drug-likeness (QED) is 0.165. The molecule has 0 N–H and O–H groups in total. The monoisotopic (exact) mass is 804 g/mol. The Balaban J connectivity index is 1.07. The number of rotatable bonds is 6. The molecule has 298 valence electrons. The predicted octanol–water partition coefficient (Wildman–Crippen LogP) is 17.2. The van der Waals surface area contributed by atoms with Gasteiger partial charge in [0, 0.05) is 33.1 Å². The van der Waals surface area contributed by atoms with Crippen LogP contribution in [-0.4, -0.2) is 0 Å². The fraction of sp³-hybridized carbons (Fsp3) is 0.0492. The second kappa shape index (κ2) is 14.6. The standard InChI is InChI=1S/C61H44N2/c1-61(2)55-28-11-12-29-57(55)63(58-31-15-27-54(59(58)61)53-26-13-21-42-17-5-8-23-49(42)53)60-51-25-10-7-19-44(51)35-39-52(60)45-33-36-47(37-34-45)62(48-38-32-41-16-3-4-20-46(41)40-48)56-30-14-22-43-18-6-9-24-50(43)56/h3-40H,1-2H3. The first kappa shape index (κ1) is 36.9. The van der Waals surface area contributed by atoms with Gasteiger partial charge in [-0.15, -0.1) is 0 Å². The smallest absolute Gasteiger partial charge is 0.0618 e. The summed E-state index contributed by atoms with van der Waals surface area (Å²) < 4.78 is 0. The molecule has 0 amide bonds. The average Bonchev–Trinajstić information content (AvgIpc) is 3.34. The molecule has 2 nitrogen and oxygen atoms in total. The number of hydrogen-bond acceptors (Lipinski definition) is 2. The Bertz CT molecular complexity index is 3550. The number of para-hydroxylation sites is 1. The lowest BCUT2D eigenvalue weighted by atomic mass is 9.70. The van der Waals surface area contributed by atoms with Crippen LogP contribution >= 0.6 is 0 Å². The fourth-order valence-electron chi connectivity index (χ4n) is 10.4. The van der Waals surface area contributed by atoms with Crippen molar-refractivity contribution in [3.8, 4) is 22.3 Å². The first-order valence-corrected chi connectivity index (χ1v) is 21.9. The minimum atomic E-state index is -0.282. The number of benzene rings is 11. The first-order valence-electron chi connectivity index (χ1n) is 21.9. The SMILES string of the molecule is CC1(C)c2ccccc2N(c2c(-c3ccc(N(c4ccc5ccccc5c4)c4cccc5ccccc45)cc3)ccc3ccccc23)c2cccc(-c3cccc4ccccc34)c21. The molecule has 0 radical (unpaired) electrons. The third kappa shape index (κ3) is 5.94. The molecule has 12 rings (SSSR count). The van der Waals surface area contributed by atoms with Crippen LogP contribution in [0.1, 0.15) is 25.0 Å². The lowest BCUT2D eigenvalue weighted by molar-refractivity contribution is 0.634. The summed E-state index contributed by atoms with van der Waals surface area (Å²) in [5, 5.41) is 9.80. The van der Waals surface area contributed by atoms with Crippen molar-refractivity contribution in [1.82, 2.24) is 0 Å². The number of anilines is 6. The minimum Gasteiger partial charge on any atom is -0.310 e. The predicted molar refractivity (Wildman–Crippen MR) is 269 cm³/mol. The zero-order valence-electron chi connectivity index (χ0n) is 35.3. The van der Waals surface area contributed by atoms with Gasteiger partial charge >= 0.3 is 0 Å². The molecule has 0 fully saturated rings. The molecule has 0 aromatic heterocycles. The summed E-state index contributed by atoms with van der Waals surface area (Å²) >= 11 is 0. The normalized spacial score (nSPS) is 13.0. The molecule has 2 heteroatoms. The van der Waals surface area contributed by atoms with E-state index in [9.17, 15) is 0 Å². The Morgan fingerprint density at radius 1 is 0.365 bits per heavy atom. The van der Waals surface area contributed by atoms with Crippen LogP contribution in [0.2, 0.25) is 0 Å². The first-order chi connectivity index (χ1) is 31.0. The second-order valence-electron chi connectivity index (χ2n) is 17.3. The highest BCUT2D eigenvalue weighted by atomic mass is 15.2. The van der Waals surface area contributed by atoms with Crippen LogP contribution in [0.4, 0.5) is 34.1 Å². The van der Waals surface area contributed by atoms with E-state index in [1.165, 1.54) is 88.0 Å². The van der Waals surface area contributed by atoms with E-state index in [-0.39, 0.29) is 5.41 Å². The summed E-state index contributed by atoms with van der Waals surface area (Å²) in [7, 11) is 0. The van der Waals surface area contributed by atoms with Gasteiger partial charge in [-0.1, -0.05) is 202 Å². The molecule has 0 atom stereocenters. The molecule has 1 aliphatic heterocycles. The maximum Gasteiger partial charge on any atom is 0.0618 e. The summed E-state index contributed by atoms with van der Waals surface area (Å²) in [6.07, 6.45) is 0. The van der Waals surface area contributed by atoms with E-state index >= 15 is 0 Å². The maximum atomic E-state index is 2.56. The zero-order chi connectivity index (χ0) is 42.1. The van der Waals surface area contributed by atoms with Gasteiger partial charge in [0.25, 0.3) is 0 Å². The molecule has 11 aromatic rings. The third-order valence-electron chi connectivity index (χ3n) is 13.4.